The van der Waals surface area contributed by atoms with Crippen molar-refractivity contribution in [3.63, 3.8) is 0 Å². The van der Waals surface area contributed by atoms with Crippen molar-refractivity contribution in [2.24, 2.45) is 0 Å². The summed E-state index contributed by atoms with van der Waals surface area (Å²) >= 11 is 11.8. The highest BCUT2D eigenvalue weighted by molar-refractivity contribution is 6.43. The Hall–Kier alpha value is -1.30. The van der Waals surface area contributed by atoms with Gasteiger partial charge in [-0.15, -0.1) is 0 Å². The molecule has 0 spiro atoms. The van der Waals surface area contributed by atoms with Gasteiger partial charge in [0.1, 0.15) is 6.04 Å². The zero-order valence-corrected chi connectivity index (χ0v) is 11.2. The molecular formula is C12H11Cl2NO4. The lowest BCUT2D eigenvalue weighted by atomic mass is 10.1. The van der Waals surface area contributed by atoms with Gasteiger partial charge in [0.2, 0.25) is 0 Å². The SMILES string of the molecule is O=C(O)C1CC(O)CN1C(=O)c1cccc(Cl)c1Cl. The molecule has 7 heteroatoms. The Kier molecular flexibility index (Phi) is 3.99. The summed E-state index contributed by atoms with van der Waals surface area (Å²) in [7, 11) is 0. The van der Waals surface area contributed by atoms with Gasteiger partial charge >= 0.3 is 5.97 Å². The Morgan fingerprint density at radius 2 is 2.00 bits per heavy atom. The van der Waals surface area contributed by atoms with Crippen LogP contribution in [-0.2, 0) is 4.79 Å². The van der Waals surface area contributed by atoms with Gasteiger partial charge in [-0.2, -0.15) is 0 Å². The van der Waals surface area contributed by atoms with Gasteiger partial charge in [-0.05, 0) is 12.1 Å². The first kappa shape index (κ1) is 14.1. The molecule has 2 N–H and O–H groups in total. The number of halogens is 2. The summed E-state index contributed by atoms with van der Waals surface area (Å²) in [5.74, 6) is -1.69. The molecule has 0 aliphatic carbocycles. The van der Waals surface area contributed by atoms with Crippen molar-refractivity contribution >= 4 is 35.1 Å². The number of rotatable bonds is 2. The van der Waals surface area contributed by atoms with Crippen molar-refractivity contribution in [2.45, 2.75) is 18.6 Å². The summed E-state index contributed by atoms with van der Waals surface area (Å²) in [5, 5.41) is 18.9. The molecule has 1 heterocycles. The predicted molar refractivity (Wildman–Crippen MR) is 69.5 cm³/mol. The lowest BCUT2D eigenvalue weighted by molar-refractivity contribution is -0.141. The average molecular weight is 304 g/mol. The van der Waals surface area contributed by atoms with Crippen LogP contribution >= 0.6 is 23.2 Å². The number of β-amino-alcohol motifs (C(OH)–C–C–N with tert-alkyl or cyclic N) is 1. The van der Waals surface area contributed by atoms with E-state index in [-0.39, 0.29) is 28.6 Å². The maximum Gasteiger partial charge on any atom is 0.326 e. The van der Waals surface area contributed by atoms with E-state index in [4.69, 9.17) is 28.3 Å². The van der Waals surface area contributed by atoms with Gasteiger partial charge in [-0.25, -0.2) is 4.79 Å². The van der Waals surface area contributed by atoms with E-state index < -0.39 is 24.0 Å². The predicted octanol–water partition coefficient (Wildman–Crippen LogP) is 1.65. The average Bonchev–Trinajstić information content (AvgIpc) is 2.74. The van der Waals surface area contributed by atoms with Crippen LogP contribution < -0.4 is 0 Å². The minimum atomic E-state index is -1.15. The zero-order valence-electron chi connectivity index (χ0n) is 9.72. The topological polar surface area (TPSA) is 77.8 Å². The second kappa shape index (κ2) is 5.36. The summed E-state index contributed by atoms with van der Waals surface area (Å²) in [6.45, 7) is -0.0291. The third-order valence-corrected chi connectivity index (χ3v) is 3.83. The van der Waals surface area contributed by atoms with Crippen LogP contribution in [0.3, 0.4) is 0 Å². The van der Waals surface area contributed by atoms with Gasteiger partial charge in [-0.3, -0.25) is 4.79 Å². The molecule has 1 aliphatic heterocycles. The molecule has 0 saturated carbocycles. The molecule has 0 radical (unpaired) electrons. The van der Waals surface area contributed by atoms with Crippen LogP contribution in [0.2, 0.25) is 10.0 Å². The highest BCUT2D eigenvalue weighted by atomic mass is 35.5. The number of benzene rings is 1. The van der Waals surface area contributed by atoms with Gasteiger partial charge in [0.25, 0.3) is 5.91 Å². The number of carbonyl (C=O) groups is 2. The lowest BCUT2D eigenvalue weighted by Gasteiger charge is -2.21. The van der Waals surface area contributed by atoms with Crippen molar-refractivity contribution in [1.29, 1.82) is 0 Å². The van der Waals surface area contributed by atoms with Crippen LogP contribution in [-0.4, -0.2) is 45.7 Å². The van der Waals surface area contributed by atoms with Crippen LogP contribution in [0.25, 0.3) is 0 Å². The Morgan fingerprint density at radius 3 is 2.63 bits per heavy atom. The summed E-state index contributed by atoms with van der Waals surface area (Å²) in [6.07, 6.45) is -0.831. The Bertz CT molecular complexity index is 534. The van der Waals surface area contributed by atoms with Crippen LogP contribution in [0, 0.1) is 0 Å². The Balaban J connectivity index is 2.33. The number of aliphatic hydroxyl groups is 1. The van der Waals surface area contributed by atoms with Crippen molar-refractivity contribution < 1.29 is 19.8 Å². The summed E-state index contributed by atoms with van der Waals surface area (Å²) in [6, 6.07) is 3.52. The number of carboxylic acid groups (broad SMARTS) is 1. The molecule has 1 saturated heterocycles. The highest BCUT2D eigenvalue weighted by Gasteiger charge is 2.39. The van der Waals surface area contributed by atoms with E-state index in [0.717, 1.165) is 4.90 Å². The molecule has 1 aromatic rings. The molecule has 2 rings (SSSR count). The van der Waals surface area contributed by atoms with Crippen molar-refractivity contribution in [1.82, 2.24) is 4.90 Å². The van der Waals surface area contributed by atoms with E-state index in [1.54, 1.807) is 6.07 Å². The molecule has 1 amide bonds. The van der Waals surface area contributed by atoms with E-state index in [9.17, 15) is 14.7 Å². The number of hydrogen-bond donors (Lipinski definition) is 2. The molecule has 0 bridgehead atoms. The maximum absolute atomic E-state index is 12.3. The third-order valence-electron chi connectivity index (χ3n) is 3.01. The molecule has 1 fully saturated rings. The smallest absolute Gasteiger partial charge is 0.326 e. The fraction of sp³-hybridized carbons (Fsp3) is 0.333. The maximum atomic E-state index is 12.3. The standard InChI is InChI=1S/C12H11Cl2NO4/c13-8-3-1-2-7(10(8)14)11(17)15-5-6(16)4-9(15)12(18)19/h1-3,6,9,16H,4-5H2,(H,18,19). The number of amides is 1. The van der Waals surface area contributed by atoms with E-state index in [2.05, 4.69) is 0 Å². The van der Waals surface area contributed by atoms with E-state index in [0.29, 0.717) is 0 Å². The van der Waals surface area contributed by atoms with Gasteiger partial charge < -0.3 is 15.1 Å². The van der Waals surface area contributed by atoms with Crippen molar-refractivity contribution in [3.8, 4) is 0 Å². The Labute approximate surface area is 119 Å². The number of aliphatic carboxylic acids is 1. The highest BCUT2D eigenvalue weighted by Crippen LogP contribution is 2.29. The second-order valence-electron chi connectivity index (χ2n) is 4.30. The largest absolute Gasteiger partial charge is 0.480 e. The van der Waals surface area contributed by atoms with E-state index >= 15 is 0 Å². The van der Waals surface area contributed by atoms with Gasteiger partial charge in [0.15, 0.2) is 0 Å². The van der Waals surface area contributed by atoms with Gasteiger partial charge in [0.05, 0.1) is 21.7 Å². The summed E-state index contributed by atoms with van der Waals surface area (Å²) in [4.78, 5) is 24.5. The number of nitrogens with zero attached hydrogens (tertiary/aromatic N) is 1. The van der Waals surface area contributed by atoms with Crippen LogP contribution in [0.1, 0.15) is 16.8 Å². The summed E-state index contributed by atoms with van der Waals surface area (Å²) in [5.41, 5.74) is 0.134. The van der Waals surface area contributed by atoms with Gasteiger partial charge in [0, 0.05) is 13.0 Å². The minimum Gasteiger partial charge on any atom is -0.480 e. The lowest BCUT2D eigenvalue weighted by Crippen LogP contribution is -2.40. The molecule has 5 nitrogen and oxygen atoms in total. The van der Waals surface area contributed by atoms with E-state index in [1.165, 1.54) is 12.1 Å². The number of hydrogen-bond acceptors (Lipinski definition) is 3. The number of likely N-dealkylation sites (tertiary alicyclic amines) is 1. The van der Waals surface area contributed by atoms with Crippen molar-refractivity contribution in [2.75, 3.05) is 6.54 Å². The molecule has 19 heavy (non-hydrogen) atoms. The normalized spacial score (nSPS) is 22.6. The van der Waals surface area contributed by atoms with Crippen LogP contribution in [0.5, 0.6) is 0 Å². The first-order chi connectivity index (χ1) is 8.91. The fourth-order valence-corrected chi connectivity index (χ4v) is 2.48. The fourth-order valence-electron chi connectivity index (χ4n) is 2.10. The molecule has 2 unspecified atom stereocenters. The molecule has 0 aromatic heterocycles. The zero-order chi connectivity index (χ0) is 14.2. The van der Waals surface area contributed by atoms with Crippen LogP contribution in [0.4, 0.5) is 0 Å². The first-order valence-electron chi connectivity index (χ1n) is 5.57. The minimum absolute atomic E-state index is 0.0132. The number of carboxylic acids is 1. The quantitative estimate of drug-likeness (QED) is 0.871. The summed E-state index contributed by atoms with van der Waals surface area (Å²) < 4.78 is 0. The molecule has 1 aliphatic rings. The molecular weight excluding hydrogens is 293 g/mol. The molecule has 102 valence electrons. The Morgan fingerprint density at radius 1 is 1.32 bits per heavy atom. The molecule has 2 atom stereocenters. The monoisotopic (exact) mass is 303 g/mol. The van der Waals surface area contributed by atoms with Crippen LogP contribution in [0.15, 0.2) is 18.2 Å². The van der Waals surface area contributed by atoms with E-state index in [1.807, 2.05) is 0 Å². The second-order valence-corrected chi connectivity index (χ2v) is 5.09. The molecule has 1 aromatic carbocycles. The number of carbonyl (C=O) groups excluding carboxylic acids is 1. The number of aliphatic hydroxyl groups excluding tert-OH is 1. The van der Waals surface area contributed by atoms with Crippen molar-refractivity contribution in [3.05, 3.63) is 33.8 Å². The third kappa shape index (κ3) is 2.68. The first-order valence-corrected chi connectivity index (χ1v) is 6.33. The van der Waals surface area contributed by atoms with Gasteiger partial charge in [-0.1, -0.05) is 29.3 Å².